The molecule has 0 atom stereocenters. The van der Waals surface area contributed by atoms with Crippen LogP contribution in [0.3, 0.4) is 0 Å². The van der Waals surface area contributed by atoms with Gasteiger partial charge < -0.3 is 5.32 Å². The zero-order valence-corrected chi connectivity index (χ0v) is 21.5. The van der Waals surface area contributed by atoms with Crippen LogP contribution in [-0.4, -0.2) is 58.7 Å². The molecular formula is C24H25ClFN7O2S. The molecule has 1 aliphatic rings. The Morgan fingerprint density at radius 1 is 1.14 bits per heavy atom. The van der Waals surface area contributed by atoms with Crippen LogP contribution in [0.15, 0.2) is 47.4 Å². The number of hydrogen-bond acceptors (Lipinski definition) is 7. The molecule has 12 heteroatoms. The molecule has 2 aromatic heterocycles. The third-order valence-electron chi connectivity index (χ3n) is 6.18. The first-order valence-corrected chi connectivity index (χ1v) is 13.3. The van der Waals surface area contributed by atoms with E-state index in [2.05, 4.69) is 44.0 Å². The van der Waals surface area contributed by atoms with Crippen molar-refractivity contribution >= 4 is 44.2 Å². The highest BCUT2D eigenvalue weighted by Gasteiger charge is 2.29. The number of likely N-dealkylation sites (tertiary alicyclic amines) is 1. The second-order valence-corrected chi connectivity index (χ2v) is 11.1. The quantitative estimate of drug-likeness (QED) is 0.324. The van der Waals surface area contributed by atoms with Gasteiger partial charge in [-0.05, 0) is 57.2 Å². The van der Waals surface area contributed by atoms with Crippen molar-refractivity contribution in [1.29, 1.82) is 0 Å². The average Bonchev–Trinajstić information content (AvgIpc) is 3.18. The summed E-state index contributed by atoms with van der Waals surface area (Å²) in [6.45, 7) is 8.10. The molecule has 0 bridgehead atoms. The van der Waals surface area contributed by atoms with Gasteiger partial charge in [-0.25, -0.2) is 22.8 Å². The summed E-state index contributed by atoms with van der Waals surface area (Å²) in [5.74, 6) is 0.169. The van der Waals surface area contributed by atoms with Crippen molar-refractivity contribution in [3.8, 4) is 11.4 Å². The van der Waals surface area contributed by atoms with E-state index in [0.29, 0.717) is 28.9 Å². The predicted molar refractivity (Wildman–Crippen MR) is 138 cm³/mol. The fraction of sp³-hybridized carbons (Fsp3) is 0.292. The van der Waals surface area contributed by atoms with Gasteiger partial charge in [0.1, 0.15) is 10.7 Å². The van der Waals surface area contributed by atoms with Gasteiger partial charge in [0.2, 0.25) is 0 Å². The Balaban J connectivity index is 1.40. The summed E-state index contributed by atoms with van der Waals surface area (Å²) in [5.41, 5.74) is 2.36. The molecule has 2 aromatic carbocycles. The van der Waals surface area contributed by atoms with Crippen molar-refractivity contribution in [1.82, 2.24) is 25.1 Å². The lowest BCUT2D eigenvalue weighted by Gasteiger charge is -2.42. The minimum atomic E-state index is -4.17. The summed E-state index contributed by atoms with van der Waals surface area (Å²) < 4.78 is 42.0. The first-order valence-electron chi connectivity index (χ1n) is 11.4. The van der Waals surface area contributed by atoms with Gasteiger partial charge in [-0.15, -0.1) is 0 Å². The highest BCUT2D eigenvalue weighted by molar-refractivity contribution is 7.92. The number of aromatic nitrogens is 4. The molecule has 0 aliphatic carbocycles. The number of aryl methyl sites for hydroxylation is 1. The molecule has 0 saturated carbocycles. The predicted octanol–water partition coefficient (Wildman–Crippen LogP) is 4.43. The second kappa shape index (κ2) is 9.30. The normalized spacial score (nSPS) is 14.8. The molecule has 0 unspecified atom stereocenters. The number of aromatic amines is 1. The van der Waals surface area contributed by atoms with Crippen LogP contribution in [0.2, 0.25) is 5.02 Å². The number of anilines is 2. The Hall–Kier alpha value is -3.28. The van der Waals surface area contributed by atoms with E-state index < -0.39 is 20.7 Å². The SMILES string of the molecule is Cc1n[nH]c2nc(-c3ccc(NS(=O)(=O)c4cccc(Cl)c4F)cc3)nc(NC3CN(C(C)C)C3)c12. The summed E-state index contributed by atoms with van der Waals surface area (Å²) in [5, 5.41) is 11.3. The minimum absolute atomic E-state index is 0.262. The first-order chi connectivity index (χ1) is 17.1. The Morgan fingerprint density at radius 2 is 1.86 bits per heavy atom. The second-order valence-electron chi connectivity index (χ2n) is 9.05. The number of sulfonamides is 1. The van der Waals surface area contributed by atoms with Crippen molar-refractivity contribution in [2.24, 2.45) is 0 Å². The number of hydrogen-bond donors (Lipinski definition) is 3. The Labute approximate surface area is 213 Å². The van der Waals surface area contributed by atoms with Gasteiger partial charge in [0.25, 0.3) is 10.0 Å². The van der Waals surface area contributed by atoms with Crippen LogP contribution in [0.5, 0.6) is 0 Å². The standard InChI is InChI=1S/C24H25ClFN7O2S/c1-13(2)33-11-17(12-33)27-23-20-14(3)30-31-24(20)29-22(28-23)15-7-9-16(10-8-15)32-36(34,35)19-6-4-5-18(25)21(19)26/h4-10,13,17,32H,11-12H2,1-3H3,(H2,27,28,29,30,31). The topological polar surface area (TPSA) is 116 Å². The van der Waals surface area contributed by atoms with Crippen LogP contribution >= 0.6 is 11.6 Å². The summed E-state index contributed by atoms with van der Waals surface area (Å²) in [6.07, 6.45) is 0. The Kier molecular flexibility index (Phi) is 6.31. The van der Waals surface area contributed by atoms with Crippen molar-refractivity contribution in [3.05, 3.63) is 59.0 Å². The molecule has 1 aliphatic heterocycles. The minimum Gasteiger partial charge on any atom is -0.364 e. The smallest absolute Gasteiger partial charge is 0.264 e. The molecule has 1 fully saturated rings. The number of nitrogens with one attached hydrogen (secondary N) is 3. The van der Waals surface area contributed by atoms with Crippen molar-refractivity contribution in [2.45, 2.75) is 37.8 Å². The van der Waals surface area contributed by atoms with Gasteiger partial charge in [0.05, 0.1) is 22.1 Å². The maximum absolute atomic E-state index is 14.2. The fourth-order valence-electron chi connectivity index (χ4n) is 4.12. The molecule has 0 spiro atoms. The molecule has 0 amide bonds. The van der Waals surface area contributed by atoms with Crippen LogP contribution < -0.4 is 10.0 Å². The lowest BCUT2D eigenvalue weighted by atomic mass is 10.1. The molecule has 3 N–H and O–H groups in total. The maximum atomic E-state index is 14.2. The number of benzene rings is 2. The van der Waals surface area contributed by atoms with Gasteiger partial charge in [-0.3, -0.25) is 14.7 Å². The van der Waals surface area contributed by atoms with Crippen molar-refractivity contribution in [3.63, 3.8) is 0 Å². The van der Waals surface area contributed by atoms with Gasteiger partial charge in [0, 0.05) is 30.4 Å². The fourth-order valence-corrected chi connectivity index (χ4v) is 5.51. The van der Waals surface area contributed by atoms with Crippen molar-refractivity contribution in [2.75, 3.05) is 23.1 Å². The average molecular weight is 530 g/mol. The molecule has 5 rings (SSSR count). The van der Waals surface area contributed by atoms with E-state index in [1.165, 1.54) is 12.1 Å². The van der Waals surface area contributed by atoms with Gasteiger partial charge >= 0.3 is 0 Å². The molecular weight excluding hydrogens is 505 g/mol. The third-order valence-corrected chi connectivity index (χ3v) is 7.87. The number of H-pyrrole nitrogens is 1. The van der Waals surface area contributed by atoms with Crippen LogP contribution in [0.4, 0.5) is 15.9 Å². The Morgan fingerprint density at radius 3 is 2.56 bits per heavy atom. The van der Waals surface area contributed by atoms with E-state index in [-0.39, 0.29) is 16.8 Å². The largest absolute Gasteiger partial charge is 0.364 e. The van der Waals surface area contributed by atoms with Crippen LogP contribution in [0.25, 0.3) is 22.4 Å². The van der Waals surface area contributed by atoms with Crippen LogP contribution in [-0.2, 0) is 10.0 Å². The molecule has 3 heterocycles. The van der Waals surface area contributed by atoms with Gasteiger partial charge in [0.15, 0.2) is 17.3 Å². The summed E-state index contributed by atoms with van der Waals surface area (Å²) in [4.78, 5) is 11.2. The van der Waals surface area contributed by atoms with E-state index >= 15 is 0 Å². The van der Waals surface area contributed by atoms with Gasteiger partial charge in [-0.2, -0.15) is 5.10 Å². The van der Waals surface area contributed by atoms with E-state index in [1.54, 1.807) is 24.3 Å². The lowest BCUT2D eigenvalue weighted by Crippen LogP contribution is -2.57. The van der Waals surface area contributed by atoms with E-state index in [9.17, 15) is 12.8 Å². The Bertz CT molecular complexity index is 1530. The first kappa shape index (κ1) is 24.4. The summed E-state index contributed by atoms with van der Waals surface area (Å²) >= 11 is 5.74. The number of fused-ring (bicyclic) bond motifs is 1. The van der Waals surface area contributed by atoms with E-state index in [1.807, 2.05) is 6.92 Å². The maximum Gasteiger partial charge on any atom is 0.264 e. The zero-order valence-electron chi connectivity index (χ0n) is 19.9. The third kappa shape index (κ3) is 4.61. The lowest BCUT2D eigenvalue weighted by molar-refractivity contribution is 0.122. The van der Waals surface area contributed by atoms with Crippen LogP contribution in [0.1, 0.15) is 19.5 Å². The number of halogens is 2. The number of nitrogens with zero attached hydrogens (tertiary/aromatic N) is 4. The highest BCUT2D eigenvalue weighted by Crippen LogP contribution is 2.29. The monoisotopic (exact) mass is 529 g/mol. The van der Waals surface area contributed by atoms with E-state index in [4.69, 9.17) is 16.6 Å². The molecule has 9 nitrogen and oxygen atoms in total. The molecule has 1 saturated heterocycles. The van der Waals surface area contributed by atoms with Crippen molar-refractivity contribution < 1.29 is 12.8 Å². The summed E-state index contributed by atoms with van der Waals surface area (Å²) in [6, 6.07) is 11.1. The van der Waals surface area contributed by atoms with Gasteiger partial charge in [-0.1, -0.05) is 17.7 Å². The molecule has 0 radical (unpaired) electrons. The van der Waals surface area contributed by atoms with Crippen LogP contribution in [0, 0.1) is 12.7 Å². The van der Waals surface area contributed by atoms with E-state index in [0.717, 1.165) is 30.2 Å². The highest BCUT2D eigenvalue weighted by atomic mass is 35.5. The molecule has 36 heavy (non-hydrogen) atoms. The molecule has 188 valence electrons. The number of rotatable bonds is 7. The molecule has 4 aromatic rings. The zero-order chi connectivity index (χ0) is 25.6. The summed E-state index contributed by atoms with van der Waals surface area (Å²) in [7, 11) is -4.17.